The molecule has 0 atom stereocenters. The molecule has 0 fully saturated rings. The zero-order valence-electron chi connectivity index (χ0n) is 10.3. The van der Waals surface area contributed by atoms with Gasteiger partial charge in [-0.3, -0.25) is 5.32 Å². The number of halogens is 2. The normalized spacial score (nSPS) is 10.1. The Balaban J connectivity index is 2.00. The number of nitrogens with one attached hydrogen (secondary N) is 1. The van der Waals surface area contributed by atoms with Crippen molar-refractivity contribution in [2.75, 3.05) is 5.32 Å². The summed E-state index contributed by atoms with van der Waals surface area (Å²) in [5.74, 6) is -1.34. The first kappa shape index (κ1) is 14.1. The standard InChI is InChI=1S/C14H11ClFNO3/c15-10-6-7-11(18)13(12(10)16)17-14(19)20-8-9-4-2-1-3-5-9/h1-7,18H,8H2,(H,17,19). The molecule has 2 aromatic rings. The average molecular weight is 296 g/mol. The van der Waals surface area contributed by atoms with Crippen LogP contribution in [0.5, 0.6) is 5.75 Å². The maximum Gasteiger partial charge on any atom is 0.412 e. The van der Waals surface area contributed by atoms with Crippen LogP contribution in [0.2, 0.25) is 5.02 Å². The number of carbonyl (C=O) groups is 1. The van der Waals surface area contributed by atoms with Crippen molar-refractivity contribution in [1.29, 1.82) is 0 Å². The highest BCUT2D eigenvalue weighted by atomic mass is 35.5. The summed E-state index contributed by atoms with van der Waals surface area (Å²) in [6.07, 6.45) is -0.884. The van der Waals surface area contributed by atoms with E-state index >= 15 is 0 Å². The average Bonchev–Trinajstić information content (AvgIpc) is 2.46. The van der Waals surface area contributed by atoms with Crippen molar-refractivity contribution in [1.82, 2.24) is 0 Å². The van der Waals surface area contributed by atoms with E-state index < -0.39 is 23.3 Å². The van der Waals surface area contributed by atoms with E-state index in [0.717, 1.165) is 5.56 Å². The Morgan fingerprint density at radius 2 is 1.95 bits per heavy atom. The van der Waals surface area contributed by atoms with Gasteiger partial charge >= 0.3 is 6.09 Å². The van der Waals surface area contributed by atoms with Gasteiger partial charge in [-0.25, -0.2) is 9.18 Å². The van der Waals surface area contributed by atoms with Gasteiger partial charge in [-0.05, 0) is 17.7 Å². The maximum atomic E-state index is 13.6. The number of hydrogen-bond donors (Lipinski definition) is 2. The van der Waals surface area contributed by atoms with E-state index in [1.54, 1.807) is 24.3 Å². The molecule has 0 heterocycles. The summed E-state index contributed by atoms with van der Waals surface area (Å²) in [6.45, 7) is 0.0373. The molecule has 2 N–H and O–H groups in total. The molecular formula is C14H11ClFNO3. The largest absolute Gasteiger partial charge is 0.506 e. The predicted molar refractivity (Wildman–Crippen MR) is 73.3 cm³/mol. The Morgan fingerprint density at radius 3 is 2.65 bits per heavy atom. The zero-order chi connectivity index (χ0) is 14.5. The number of rotatable bonds is 3. The van der Waals surface area contributed by atoms with Crippen LogP contribution in [0.3, 0.4) is 0 Å². The molecule has 0 spiro atoms. The molecule has 104 valence electrons. The molecule has 4 nitrogen and oxygen atoms in total. The van der Waals surface area contributed by atoms with Gasteiger partial charge in [0.15, 0.2) is 5.82 Å². The number of phenolic OH excluding ortho intramolecular Hbond substituents is 1. The van der Waals surface area contributed by atoms with Crippen molar-refractivity contribution in [3.63, 3.8) is 0 Å². The van der Waals surface area contributed by atoms with Gasteiger partial charge in [-0.15, -0.1) is 0 Å². The summed E-state index contributed by atoms with van der Waals surface area (Å²) in [5.41, 5.74) is 0.383. The van der Waals surface area contributed by atoms with E-state index in [-0.39, 0.29) is 11.6 Å². The second-order valence-corrected chi connectivity index (χ2v) is 4.35. The topological polar surface area (TPSA) is 58.6 Å². The van der Waals surface area contributed by atoms with Crippen molar-refractivity contribution in [2.45, 2.75) is 6.61 Å². The fourth-order valence-electron chi connectivity index (χ4n) is 1.52. The third kappa shape index (κ3) is 3.39. The molecule has 0 aliphatic heterocycles. The summed E-state index contributed by atoms with van der Waals surface area (Å²) in [5, 5.41) is 11.4. The van der Waals surface area contributed by atoms with Gasteiger partial charge < -0.3 is 9.84 Å². The van der Waals surface area contributed by atoms with E-state index in [1.807, 2.05) is 6.07 Å². The Morgan fingerprint density at radius 1 is 1.25 bits per heavy atom. The molecule has 0 radical (unpaired) electrons. The minimum atomic E-state index is -0.914. The van der Waals surface area contributed by atoms with Gasteiger partial charge in [-0.1, -0.05) is 41.9 Å². The molecule has 0 aromatic heterocycles. The zero-order valence-corrected chi connectivity index (χ0v) is 11.0. The molecular weight excluding hydrogens is 285 g/mol. The van der Waals surface area contributed by atoms with Crippen molar-refractivity contribution in [3.05, 3.63) is 58.9 Å². The van der Waals surface area contributed by atoms with Crippen LogP contribution in [0.4, 0.5) is 14.9 Å². The summed E-state index contributed by atoms with van der Waals surface area (Å²) < 4.78 is 18.5. The lowest BCUT2D eigenvalue weighted by atomic mass is 10.2. The summed E-state index contributed by atoms with van der Waals surface area (Å²) in [7, 11) is 0. The van der Waals surface area contributed by atoms with Crippen molar-refractivity contribution in [3.8, 4) is 5.75 Å². The first-order valence-electron chi connectivity index (χ1n) is 5.72. The van der Waals surface area contributed by atoms with Crippen LogP contribution in [-0.2, 0) is 11.3 Å². The smallest absolute Gasteiger partial charge is 0.412 e. The lowest BCUT2D eigenvalue weighted by Gasteiger charge is -2.10. The van der Waals surface area contributed by atoms with Crippen molar-refractivity contribution >= 4 is 23.4 Å². The molecule has 2 rings (SSSR count). The monoisotopic (exact) mass is 295 g/mol. The van der Waals surface area contributed by atoms with Gasteiger partial charge in [0.25, 0.3) is 0 Å². The van der Waals surface area contributed by atoms with Gasteiger partial charge in [0.2, 0.25) is 0 Å². The Kier molecular flexibility index (Phi) is 4.42. The molecule has 0 bridgehead atoms. The quantitative estimate of drug-likeness (QED) is 0.843. The van der Waals surface area contributed by atoms with Gasteiger partial charge in [0, 0.05) is 0 Å². The second-order valence-electron chi connectivity index (χ2n) is 3.94. The number of ether oxygens (including phenoxy) is 1. The molecule has 0 saturated heterocycles. The first-order valence-corrected chi connectivity index (χ1v) is 6.10. The van der Waals surface area contributed by atoms with Crippen LogP contribution in [0.1, 0.15) is 5.56 Å². The summed E-state index contributed by atoms with van der Waals surface area (Å²) >= 11 is 5.56. The Hall–Kier alpha value is -2.27. The number of benzene rings is 2. The van der Waals surface area contributed by atoms with Gasteiger partial charge in [0.1, 0.15) is 18.0 Å². The van der Waals surface area contributed by atoms with Gasteiger partial charge in [0.05, 0.1) is 5.02 Å². The molecule has 0 aliphatic carbocycles. The van der Waals surface area contributed by atoms with Crippen LogP contribution in [-0.4, -0.2) is 11.2 Å². The fraction of sp³-hybridized carbons (Fsp3) is 0.0714. The minimum Gasteiger partial charge on any atom is -0.506 e. The lowest BCUT2D eigenvalue weighted by molar-refractivity contribution is 0.155. The first-order chi connectivity index (χ1) is 9.58. The third-order valence-electron chi connectivity index (χ3n) is 2.51. The molecule has 1 amide bonds. The van der Waals surface area contributed by atoms with E-state index in [9.17, 15) is 14.3 Å². The third-order valence-corrected chi connectivity index (χ3v) is 2.80. The second kappa shape index (κ2) is 6.25. The highest BCUT2D eigenvalue weighted by Gasteiger charge is 2.15. The Labute approximate surface area is 119 Å². The van der Waals surface area contributed by atoms with Crippen LogP contribution in [0.25, 0.3) is 0 Å². The predicted octanol–water partition coefficient (Wildman–Crippen LogP) is 3.93. The number of anilines is 1. The molecule has 6 heteroatoms. The highest BCUT2D eigenvalue weighted by Crippen LogP contribution is 2.31. The number of amides is 1. The number of hydrogen-bond acceptors (Lipinski definition) is 3. The van der Waals surface area contributed by atoms with Crippen molar-refractivity contribution < 1.29 is 19.0 Å². The van der Waals surface area contributed by atoms with Crippen molar-refractivity contribution in [2.24, 2.45) is 0 Å². The van der Waals surface area contributed by atoms with Crippen LogP contribution < -0.4 is 5.32 Å². The minimum absolute atomic E-state index is 0.0373. The van der Waals surface area contributed by atoms with E-state index in [1.165, 1.54) is 12.1 Å². The molecule has 0 unspecified atom stereocenters. The van der Waals surface area contributed by atoms with Crippen LogP contribution in [0.15, 0.2) is 42.5 Å². The fourth-order valence-corrected chi connectivity index (χ4v) is 1.68. The number of aromatic hydroxyl groups is 1. The summed E-state index contributed by atoms with van der Waals surface area (Å²) in [6, 6.07) is 11.4. The van der Waals surface area contributed by atoms with E-state index in [4.69, 9.17) is 16.3 Å². The highest BCUT2D eigenvalue weighted by molar-refractivity contribution is 6.31. The summed E-state index contributed by atoms with van der Waals surface area (Å²) in [4.78, 5) is 11.5. The maximum absolute atomic E-state index is 13.6. The number of carbonyl (C=O) groups excluding carboxylic acids is 1. The molecule has 20 heavy (non-hydrogen) atoms. The SMILES string of the molecule is O=C(Nc1c(O)ccc(Cl)c1F)OCc1ccccc1. The van der Waals surface area contributed by atoms with Crippen LogP contribution in [0, 0.1) is 5.82 Å². The lowest BCUT2D eigenvalue weighted by Crippen LogP contribution is -2.14. The van der Waals surface area contributed by atoms with E-state index in [0.29, 0.717) is 0 Å². The molecule has 2 aromatic carbocycles. The Bertz CT molecular complexity index is 619. The van der Waals surface area contributed by atoms with Crippen LogP contribution >= 0.6 is 11.6 Å². The van der Waals surface area contributed by atoms with Gasteiger partial charge in [-0.2, -0.15) is 0 Å². The molecule has 0 aliphatic rings. The number of phenols is 1. The molecule has 0 saturated carbocycles. The van der Waals surface area contributed by atoms with E-state index in [2.05, 4.69) is 5.32 Å².